The number of carbonyl (C=O) groups excluding carboxylic acids is 3. The van der Waals surface area contributed by atoms with E-state index in [1.807, 2.05) is 36.6 Å². The van der Waals surface area contributed by atoms with Gasteiger partial charge in [0.15, 0.2) is 0 Å². The molecule has 0 unspecified atom stereocenters. The summed E-state index contributed by atoms with van der Waals surface area (Å²) in [6.07, 6.45) is 3.29. The number of nitrogens with zero attached hydrogens (tertiary/aromatic N) is 2. The third kappa shape index (κ3) is 11.7. The van der Waals surface area contributed by atoms with Gasteiger partial charge in [0.1, 0.15) is 6.04 Å². The second kappa shape index (κ2) is 19.1. The molecule has 45 heavy (non-hydrogen) atoms. The van der Waals surface area contributed by atoms with Crippen LogP contribution >= 0.6 is 23.5 Å². The van der Waals surface area contributed by atoms with Crippen molar-refractivity contribution < 1.29 is 19.1 Å². The number of hydrogen-bond acceptors (Lipinski definition) is 8. The van der Waals surface area contributed by atoms with Gasteiger partial charge in [-0.3, -0.25) is 14.5 Å². The Morgan fingerprint density at radius 3 is 2.42 bits per heavy atom. The van der Waals surface area contributed by atoms with E-state index in [4.69, 9.17) is 10.00 Å². The van der Waals surface area contributed by atoms with Crippen molar-refractivity contribution in [2.24, 2.45) is 5.92 Å². The molecule has 0 bridgehead atoms. The molecule has 2 amide bonds. The highest BCUT2D eigenvalue weighted by atomic mass is 32.2. The molecule has 3 aromatic rings. The Bertz CT molecular complexity index is 1440. The molecule has 3 rings (SSSR count). The second-order valence-corrected chi connectivity index (χ2v) is 13.1. The van der Waals surface area contributed by atoms with E-state index in [1.165, 1.54) is 18.9 Å². The molecule has 0 aliphatic heterocycles. The van der Waals surface area contributed by atoms with Crippen LogP contribution in [0.2, 0.25) is 0 Å². The van der Waals surface area contributed by atoms with Crippen molar-refractivity contribution in [2.75, 3.05) is 38.0 Å². The number of carbonyl (C=O) groups is 3. The first-order valence-corrected chi connectivity index (χ1v) is 17.7. The average Bonchev–Trinajstić information content (AvgIpc) is 3.06. The summed E-state index contributed by atoms with van der Waals surface area (Å²) < 4.78 is 4.95. The zero-order valence-electron chi connectivity index (χ0n) is 26.6. The molecule has 0 aromatic heterocycles. The molecule has 0 spiro atoms. The number of rotatable bonds is 18. The van der Waals surface area contributed by atoms with E-state index >= 15 is 0 Å². The van der Waals surface area contributed by atoms with Crippen LogP contribution < -0.4 is 10.6 Å². The molecule has 3 aromatic carbocycles. The van der Waals surface area contributed by atoms with Crippen molar-refractivity contribution in [3.05, 3.63) is 83.4 Å². The topological polar surface area (TPSA) is 112 Å². The standard InChI is InChI=1S/C35H44N4O4S2/c1-5-25(2)32(38-34(41)24-45-23-27-15-13-26(19-36)14-16-27)21-39(20-29-11-8-10-28-9-6-7-12-30(28)29)22-33(40)37-31(17-18-44-4)35(42)43-3/h6-16,25,31-32H,5,17-18,20-24H2,1-4H3,(H,37,40)(H,38,41)/t25-,31-,32+/m0/s1. The van der Waals surface area contributed by atoms with Crippen LogP contribution in [0.25, 0.3) is 10.8 Å². The van der Waals surface area contributed by atoms with Crippen LogP contribution in [0.15, 0.2) is 66.7 Å². The maximum absolute atomic E-state index is 13.4. The highest BCUT2D eigenvalue weighted by Crippen LogP contribution is 2.21. The summed E-state index contributed by atoms with van der Waals surface area (Å²) in [7, 11) is 1.33. The molecule has 3 atom stereocenters. The molecule has 8 nitrogen and oxygen atoms in total. The average molecular weight is 649 g/mol. The Kier molecular flexibility index (Phi) is 15.3. The Balaban J connectivity index is 1.75. The fourth-order valence-corrected chi connectivity index (χ4v) is 6.31. The van der Waals surface area contributed by atoms with Crippen LogP contribution in [-0.4, -0.2) is 72.7 Å². The van der Waals surface area contributed by atoms with Crippen molar-refractivity contribution in [1.29, 1.82) is 5.26 Å². The molecule has 0 saturated carbocycles. The van der Waals surface area contributed by atoms with E-state index in [0.29, 0.717) is 42.3 Å². The molecule has 2 N–H and O–H groups in total. The van der Waals surface area contributed by atoms with Gasteiger partial charge in [-0.1, -0.05) is 74.9 Å². The van der Waals surface area contributed by atoms with E-state index in [2.05, 4.69) is 59.7 Å². The molecule has 240 valence electrons. The number of amides is 2. The van der Waals surface area contributed by atoms with Crippen molar-refractivity contribution >= 4 is 52.1 Å². The number of ether oxygens (including phenoxy) is 1. The van der Waals surface area contributed by atoms with Crippen molar-refractivity contribution in [3.63, 3.8) is 0 Å². The molecule has 10 heteroatoms. The van der Waals surface area contributed by atoms with Crippen LogP contribution in [0.4, 0.5) is 0 Å². The summed E-state index contributed by atoms with van der Waals surface area (Å²) in [5, 5.41) is 17.4. The predicted molar refractivity (Wildman–Crippen MR) is 185 cm³/mol. The van der Waals surface area contributed by atoms with Crippen molar-refractivity contribution in [1.82, 2.24) is 15.5 Å². The molecule has 0 aliphatic carbocycles. The van der Waals surface area contributed by atoms with Gasteiger partial charge in [-0.25, -0.2) is 4.79 Å². The number of methoxy groups -OCH3 is 1. The number of esters is 1. The van der Waals surface area contributed by atoms with Crippen LogP contribution in [0.1, 0.15) is 43.4 Å². The van der Waals surface area contributed by atoms with Crippen LogP contribution in [0.3, 0.4) is 0 Å². The van der Waals surface area contributed by atoms with E-state index in [1.54, 1.807) is 23.9 Å². The Morgan fingerprint density at radius 1 is 1.00 bits per heavy atom. The molecular weight excluding hydrogens is 605 g/mol. The number of benzene rings is 3. The van der Waals surface area contributed by atoms with E-state index in [0.717, 1.165) is 28.3 Å². The van der Waals surface area contributed by atoms with Crippen LogP contribution in [0.5, 0.6) is 0 Å². The summed E-state index contributed by atoms with van der Waals surface area (Å²) in [5.74, 6) is 1.06. The molecule has 0 radical (unpaired) electrons. The highest BCUT2D eigenvalue weighted by Gasteiger charge is 2.26. The van der Waals surface area contributed by atoms with E-state index in [9.17, 15) is 14.4 Å². The Labute approximate surface area is 275 Å². The minimum Gasteiger partial charge on any atom is -0.467 e. The second-order valence-electron chi connectivity index (χ2n) is 11.1. The lowest BCUT2D eigenvalue weighted by molar-refractivity contribution is -0.145. The van der Waals surface area contributed by atoms with Crippen LogP contribution in [-0.2, 0) is 31.4 Å². The zero-order chi connectivity index (χ0) is 32.6. The lowest BCUT2D eigenvalue weighted by Crippen LogP contribution is -2.51. The monoisotopic (exact) mass is 648 g/mol. The maximum atomic E-state index is 13.4. The fraction of sp³-hybridized carbons (Fsp3) is 0.429. The SMILES string of the molecule is CC[C@H](C)[C@@H](CN(CC(=O)N[C@@H](CCSC)C(=O)OC)Cc1cccc2ccccc12)NC(=O)CSCc1ccc(C#N)cc1. The quantitative estimate of drug-likeness (QED) is 0.177. The summed E-state index contributed by atoms with van der Waals surface area (Å²) in [5.41, 5.74) is 2.75. The molecule has 0 heterocycles. The summed E-state index contributed by atoms with van der Waals surface area (Å²) in [4.78, 5) is 41.0. The van der Waals surface area contributed by atoms with E-state index in [-0.39, 0.29) is 30.3 Å². The largest absolute Gasteiger partial charge is 0.467 e. The van der Waals surface area contributed by atoms with Crippen LogP contribution in [0, 0.1) is 17.2 Å². The summed E-state index contributed by atoms with van der Waals surface area (Å²) >= 11 is 3.13. The fourth-order valence-electron chi connectivity index (χ4n) is 5.04. The Morgan fingerprint density at radius 2 is 1.73 bits per heavy atom. The van der Waals surface area contributed by atoms with Gasteiger partial charge in [-0.15, -0.1) is 11.8 Å². The number of fused-ring (bicyclic) bond motifs is 1. The zero-order valence-corrected chi connectivity index (χ0v) is 28.2. The van der Waals surface area contributed by atoms with Gasteiger partial charge in [0, 0.05) is 24.9 Å². The smallest absolute Gasteiger partial charge is 0.328 e. The number of thioether (sulfide) groups is 2. The van der Waals surface area contributed by atoms with Crippen molar-refractivity contribution in [3.8, 4) is 6.07 Å². The van der Waals surface area contributed by atoms with E-state index < -0.39 is 12.0 Å². The first-order chi connectivity index (χ1) is 21.8. The first kappa shape index (κ1) is 36.0. The van der Waals surface area contributed by atoms with Gasteiger partial charge in [-0.05, 0) is 58.4 Å². The maximum Gasteiger partial charge on any atom is 0.328 e. The third-order valence-corrected chi connectivity index (χ3v) is 9.44. The number of nitrogens with one attached hydrogen (secondary N) is 2. The molecule has 0 saturated heterocycles. The Hall–Kier alpha value is -3.52. The predicted octanol–water partition coefficient (Wildman–Crippen LogP) is 5.39. The molecule has 0 fully saturated rings. The highest BCUT2D eigenvalue weighted by molar-refractivity contribution is 7.99. The summed E-state index contributed by atoms with van der Waals surface area (Å²) in [6.45, 7) is 5.23. The van der Waals surface area contributed by atoms with Crippen molar-refractivity contribution in [2.45, 2.75) is 51.1 Å². The summed E-state index contributed by atoms with van der Waals surface area (Å²) in [6, 6.07) is 22.9. The van der Waals surface area contributed by atoms with Gasteiger partial charge < -0.3 is 15.4 Å². The normalized spacial score (nSPS) is 13.1. The lowest BCUT2D eigenvalue weighted by Gasteiger charge is -2.31. The van der Waals surface area contributed by atoms with Gasteiger partial charge in [0.2, 0.25) is 11.8 Å². The number of nitriles is 1. The number of hydrogen-bond donors (Lipinski definition) is 2. The first-order valence-electron chi connectivity index (χ1n) is 15.2. The minimum atomic E-state index is -0.715. The van der Waals surface area contributed by atoms with Gasteiger partial charge >= 0.3 is 5.97 Å². The third-order valence-electron chi connectivity index (χ3n) is 7.79. The van der Waals surface area contributed by atoms with Gasteiger partial charge in [0.25, 0.3) is 0 Å². The lowest BCUT2D eigenvalue weighted by atomic mass is 9.97. The van der Waals surface area contributed by atoms with Gasteiger partial charge in [-0.2, -0.15) is 17.0 Å². The molecule has 0 aliphatic rings. The molecular formula is C35H44N4O4S2. The minimum absolute atomic E-state index is 0.0590. The van der Waals surface area contributed by atoms with Gasteiger partial charge in [0.05, 0.1) is 31.0 Å².